The van der Waals surface area contributed by atoms with E-state index in [1.54, 1.807) is 17.0 Å². The number of carbonyl (C=O) groups excluding carboxylic acids is 1. The van der Waals surface area contributed by atoms with E-state index in [0.29, 0.717) is 19.6 Å². The van der Waals surface area contributed by atoms with E-state index in [4.69, 9.17) is 4.74 Å². The van der Waals surface area contributed by atoms with E-state index in [2.05, 4.69) is 24.3 Å². The summed E-state index contributed by atoms with van der Waals surface area (Å²) in [6.45, 7) is 0.834. The van der Waals surface area contributed by atoms with Gasteiger partial charge < -0.3 is 9.84 Å². The first kappa shape index (κ1) is 15.9. The molecule has 3 aromatic carbocycles. The van der Waals surface area contributed by atoms with Gasteiger partial charge in [0.1, 0.15) is 12.4 Å². The fourth-order valence-corrected chi connectivity index (χ4v) is 4.28. The molecule has 2 aliphatic rings. The van der Waals surface area contributed by atoms with Crippen molar-refractivity contribution in [2.75, 3.05) is 18.1 Å². The number of fused-ring (bicyclic) bond motifs is 4. The van der Waals surface area contributed by atoms with Gasteiger partial charge in [0.2, 0.25) is 0 Å². The van der Waals surface area contributed by atoms with Crippen LogP contribution >= 0.6 is 0 Å². The molecule has 0 saturated heterocycles. The third-order valence-electron chi connectivity index (χ3n) is 5.56. The topological polar surface area (TPSA) is 49.8 Å². The molecule has 1 amide bonds. The lowest BCUT2D eigenvalue weighted by molar-refractivity contribution is 0.151. The van der Waals surface area contributed by atoms with Crippen LogP contribution in [0.3, 0.4) is 0 Å². The van der Waals surface area contributed by atoms with Crippen LogP contribution in [-0.2, 0) is 11.2 Å². The van der Waals surface area contributed by atoms with Crippen molar-refractivity contribution in [3.8, 4) is 16.9 Å². The summed E-state index contributed by atoms with van der Waals surface area (Å²) in [4.78, 5) is 14.3. The normalized spacial score (nSPS) is 14.6. The van der Waals surface area contributed by atoms with Crippen molar-refractivity contribution in [3.63, 3.8) is 0 Å². The first-order valence-corrected chi connectivity index (χ1v) is 9.17. The fourth-order valence-electron chi connectivity index (χ4n) is 4.28. The lowest BCUT2D eigenvalue weighted by Crippen LogP contribution is -2.30. The molecule has 0 saturated carbocycles. The maximum absolute atomic E-state index is 12.7. The minimum absolute atomic E-state index is 0.0487. The SMILES string of the molecule is O=C(OCC1c2ccccc2-c2ccccc21)N1CCc2c(O)cccc21. The van der Waals surface area contributed by atoms with Crippen LogP contribution in [0.5, 0.6) is 5.75 Å². The number of ether oxygens (including phenoxy) is 1. The van der Waals surface area contributed by atoms with E-state index < -0.39 is 0 Å². The zero-order valence-corrected chi connectivity index (χ0v) is 14.8. The van der Waals surface area contributed by atoms with Crippen LogP contribution in [0.15, 0.2) is 66.7 Å². The van der Waals surface area contributed by atoms with E-state index in [1.807, 2.05) is 30.3 Å². The molecule has 0 radical (unpaired) electrons. The minimum atomic E-state index is -0.360. The molecule has 0 spiro atoms. The van der Waals surface area contributed by atoms with E-state index in [9.17, 15) is 9.90 Å². The van der Waals surface area contributed by atoms with Crippen LogP contribution in [0.2, 0.25) is 0 Å². The lowest BCUT2D eigenvalue weighted by Gasteiger charge is -2.20. The van der Waals surface area contributed by atoms with Gasteiger partial charge in [0.15, 0.2) is 0 Å². The van der Waals surface area contributed by atoms with Crippen LogP contribution in [0.25, 0.3) is 11.1 Å². The zero-order valence-electron chi connectivity index (χ0n) is 14.8. The van der Waals surface area contributed by atoms with Gasteiger partial charge in [-0.3, -0.25) is 4.90 Å². The summed E-state index contributed by atoms with van der Waals surface area (Å²) in [5, 5.41) is 9.97. The Morgan fingerprint density at radius 1 is 0.963 bits per heavy atom. The first-order valence-electron chi connectivity index (χ1n) is 9.17. The van der Waals surface area contributed by atoms with Gasteiger partial charge in [0.25, 0.3) is 0 Å². The number of hydrogen-bond donors (Lipinski definition) is 1. The average Bonchev–Trinajstić information content (AvgIpc) is 3.27. The highest BCUT2D eigenvalue weighted by atomic mass is 16.6. The van der Waals surface area contributed by atoms with Crippen LogP contribution in [0.4, 0.5) is 10.5 Å². The predicted octanol–water partition coefficient (Wildman–Crippen LogP) is 4.70. The minimum Gasteiger partial charge on any atom is -0.508 e. The van der Waals surface area contributed by atoms with Crippen LogP contribution in [0.1, 0.15) is 22.6 Å². The largest absolute Gasteiger partial charge is 0.508 e. The number of anilines is 1. The summed E-state index contributed by atoms with van der Waals surface area (Å²) in [6, 6.07) is 21.8. The van der Waals surface area contributed by atoms with Crippen molar-refractivity contribution >= 4 is 11.8 Å². The van der Waals surface area contributed by atoms with Crippen molar-refractivity contribution in [3.05, 3.63) is 83.4 Å². The summed E-state index contributed by atoms with van der Waals surface area (Å²) in [5.41, 5.74) is 6.38. The van der Waals surface area contributed by atoms with Gasteiger partial charge >= 0.3 is 6.09 Å². The number of benzene rings is 3. The Bertz CT molecular complexity index is 998. The molecule has 134 valence electrons. The second-order valence-corrected chi connectivity index (χ2v) is 6.98. The summed E-state index contributed by atoms with van der Waals surface area (Å²) in [6.07, 6.45) is 0.285. The Labute approximate surface area is 157 Å². The van der Waals surface area contributed by atoms with Crippen molar-refractivity contribution in [1.29, 1.82) is 0 Å². The van der Waals surface area contributed by atoms with Crippen molar-refractivity contribution in [2.45, 2.75) is 12.3 Å². The van der Waals surface area contributed by atoms with E-state index in [-0.39, 0.29) is 17.8 Å². The fraction of sp³-hybridized carbons (Fsp3) is 0.174. The van der Waals surface area contributed by atoms with Crippen molar-refractivity contribution in [1.82, 2.24) is 0 Å². The van der Waals surface area contributed by atoms with Gasteiger partial charge in [0.05, 0.1) is 5.69 Å². The Kier molecular flexibility index (Phi) is 3.64. The Hall–Kier alpha value is -3.27. The molecule has 0 fully saturated rings. The molecule has 0 unspecified atom stereocenters. The summed E-state index contributed by atoms with van der Waals surface area (Å²) in [5.74, 6) is 0.286. The second-order valence-electron chi connectivity index (χ2n) is 6.98. The molecular weight excluding hydrogens is 338 g/mol. The number of phenolic OH excluding ortho intramolecular Hbond substituents is 1. The molecule has 1 aliphatic heterocycles. The van der Waals surface area contributed by atoms with Gasteiger partial charge in [-0.1, -0.05) is 54.6 Å². The smallest absolute Gasteiger partial charge is 0.414 e. The summed E-state index contributed by atoms with van der Waals surface area (Å²) >= 11 is 0. The molecule has 5 rings (SSSR count). The first-order chi connectivity index (χ1) is 13.2. The number of phenols is 1. The van der Waals surface area contributed by atoms with Gasteiger partial charge in [-0.05, 0) is 40.8 Å². The molecule has 1 heterocycles. The Balaban J connectivity index is 1.39. The van der Waals surface area contributed by atoms with E-state index in [1.165, 1.54) is 22.3 Å². The highest BCUT2D eigenvalue weighted by Crippen LogP contribution is 2.44. The van der Waals surface area contributed by atoms with E-state index in [0.717, 1.165) is 11.3 Å². The number of carbonyl (C=O) groups is 1. The number of amides is 1. The molecular formula is C23H19NO3. The highest BCUT2D eigenvalue weighted by molar-refractivity contribution is 5.91. The summed E-state index contributed by atoms with van der Waals surface area (Å²) < 4.78 is 5.73. The quantitative estimate of drug-likeness (QED) is 0.723. The lowest BCUT2D eigenvalue weighted by atomic mass is 9.98. The molecule has 0 bridgehead atoms. The van der Waals surface area contributed by atoms with E-state index >= 15 is 0 Å². The predicted molar refractivity (Wildman–Crippen MR) is 104 cm³/mol. The highest BCUT2D eigenvalue weighted by Gasteiger charge is 2.31. The van der Waals surface area contributed by atoms with Crippen molar-refractivity contribution < 1.29 is 14.6 Å². The number of rotatable bonds is 2. The number of aromatic hydroxyl groups is 1. The third-order valence-corrected chi connectivity index (χ3v) is 5.56. The molecule has 0 atom stereocenters. The average molecular weight is 357 g/mol. The monoisotopic (exact) mass is 357 g/mol. The second kappa shape index (κ2) is 6.16. The maximum Gasteiger partial charge on any atom is 0.414 e. The summed E-state index contributed by atoms with van der Waals surface area (Å²) in [7, 11) is 0. The number of nitrogens with zero attached hydrogens (tertiary/aromatic N) is 1. The standard InChI is InChI=1S/C23H19NO3/c25-22-11-5-10-21-19(22)12-13-24(21)23(26)27-14-20-17-8-3-1-6-15(17)16-7-2-4-9-18(16)20/h1-11,20,25H,12-14H2. The zero-order chi connectivity index (χ0) is 18.4. The Morgan fingerprint density at radius 2 is 1.63 bits per heavy atom. The van der Waals surface area contributed by atoms with Gasteiger partial charge in [0, 0.05) is 18.0 Å². The Morgan fingerprint density at radius 3 is 2.33 bits per heavy atom. The molecule has 27 heavy (non-hydrogen) atoms. The third kappa shape index (κ3) is 2.48. The molecule has 4 nitrogen and oxygen atoms in total. The molecule has 4 heteroatoms. The maximum atomic E-state index is 12.7. The molecule has 1 N–H and O–H groups in total. The number of hydrogen-bond acceptors (Lipinski definition) is 3. The van der Waals surface area contributed by atoms with Crippen LogP contribution in [-0.4, -0.2) is 24.4 Å². The molecule has 3 aromatic rings. The molecule has 0 aromatic heterocycles. The van der Waals surface area contributed by atoms with Gasteiger partial charge in [-0.25, -0.2) is 4.79 Å². The van der Waals surface area contributed by atoms with Crippen molar-refractivity contribution in [2.24, 2.45) is 0 Å². The molecule has 1 aliphatic carbocycles. The van der Waals surface area contributed by atoms with Gasteiger partial charge in [-0.2, -0.15) is 0 Å². The van der Waals surface area contributed by atoms with Crippen LogP contribution in [0, 0.1) is 0 Å². The van der Waals surface area contributed by atoms with Crippen LogP contribution < -0.4 is 4.90 Å². The van der Waals surface area contributed by atoms with Gasteiger partial charge in [-0.15, -0.1) is 0 Å².